The number of nitrogens with one attached hydrogen (secondary N) is 2. The van der Waals surface area contributed by atoms with Crippen LogP contribution in [0.3, 0.4) is 0 Å². The minimum Gasteiger partial charge on any atom is -0.456 e. The van der Waals surface area contributed by atoms with Crippen LogP contribution in [-0.4, -0.2) is 45.0 Å². The predicted molar refractivity (Wildman–Crippen MR) is 119 cm³/mol. The lowest BCUT2D eigenvalue weighted by Gasteiger charge is -2.14. The van der Waals surface area contributed by atoms with Crippen molar-refractivity contribution in [1.82, 2.24) is 4.72 Å². The molecule has 166 valence electrons. The van der Waals surface area contributed by atoms with Gasteiger partial charge in [-0.05, 0) is 44.4 Å². The van der Waals surface area contributed by atoms with Crippen molar-refractivity contribution in [3.63, 3.8) is 0 Å². The van der Waals surface area contributed by atoms with Crippen LogP contribution in [0, 0.1) is 6.92 Å². The first-order valence-electron chi connectivity index (χ1n) is 9.28. The second-order valence-corrected chi connectivity index (χ2v) is 9.35. The van der Waals surface area contributed by atoms with Crippen molar-refractivity contribution in [3.8, 4) is 0 Å². The highest BCUT2D eigenvalue weighted by molar-refractivity contribution is 7.98. The smallest absolute Gasteiger partial charge is 0.324 e. The highest BCUT2D eigenvalue weighted by Crippen LogP contribution is 2.26. The van der Waals surface area contributed by atoms with E-state index in [0.717, 1.165) is 10.5 Å². The van der Waals surface area contributed by atoms with Crippen LogP contribution >= 0.6 is 11.8 Å². The van der Waals surface area contributed by atoms with E-state index in [0.29, 0.717) is 5.69 Å². The molecule has 0 radical (unpaired) electrons. The molecule has 10 heteroatoms. The van der Waals surface area contributed by atoms with E-state index < -0.39 is 34.4 Å². The Bertz CT molecular complexity index is 1080. The maximum atomic E-state index is 12.4. The first-order valence-corrected chi connectivity index (χ1v) is 12.0. The summed E-state index contributed by atoms with van der Waals surface area (Å²) < 4.78 is 32.0. The quantitative estimate of drug-likeness (QED) is 0.333. The van der Waals surface area contributed by atoms with Crippen molar-refractivity contribution in [3.05, 3.63) is 53.6 Å². The number of carbonyl (C=O) groups excluding carboxylic acids is 3. The van der Waals surface area contributed by atoms with Crippen LogP contribution in [-0.2, 0) is 24.3 Å². The van der Waals surface area contributed by atoms with Crippen LogP contribution in [0.2, 0.25) is 0 Å². The predicted octanol–water partition coefficient (Wildman–Crippen LogP) is 2.77. The van der Waals surface area contributed by atoms with Gasteiger partial charge in [0.2, 0.25) is 15.9 Å². The van der Waals surface area contributed by atoms with Gasteiger partial charge in [-0.3, -0.25) is 14.4 Å². The lowest BCUT2D eigenvalue weighted by atomic mass is 10.1. The molecule has 2 rings (SSSR count). The van der Waals surface area contributed by atoms with Gasteiger partial charge in [-0.15, -0.1) is 11.8 Å². The number of hydrogen-bond acceptors (Lipinski definition) is 7. The molecule has 0 heterocycles. The Hall–Kier alpha value is -2.69. The summed E-state index contributed by atoms with van der Waals surface area (Å²) in [7, 11) is -3.92. The standard InChI is InChI=1S/C21H24N2O6S2/c1-13-5-8-17(9-6-13)31(27,28)23-14(2)21(26)29-12-19(25)16-7-10-20(30-4)18(11-16)22-15(3)24/h5-11,14,23H,12H2,1-4H3,(H,22,24)/t14-/m0/s1. The molecule has 0 saturated heterocycles. The number of sulfonamides is 1. The summed E-state index contributed by atoms with van der Waals surface area (Å²) in [5, 5.41) is 2.65. The molecule has 1 amide bonds. The summed E-state index contributed by atoms with van der Waals surface area (Å²) in [5.74, 6) is -1.64. The Morgan fingerprint density at radius 1 is 1.10 bits per heavy atom. The van der Waals surface area contributed by atoms with Crippen LogP contribution in [0.25, 0.3) is 0 Å². The molecular formula is C21H24N2O6S2. The van der Waals surface area contributed by atoms with E-state index in [9.17, 15) is 22.8 Å². The lowest BCUT2D eigenvalue weighted by Crippen LogP contribution is -2.40. The van der Waals surface area contributed by atoms with Gasteiger partial charge in [-0.2, -0.15) is 4.72 Å². The number of Topliss-reactive ketones (excluding diaryl/α,β-unsaturated/α-hetero) is 1. The summed E-state index contributed by atoms with van der Waals surface area (Å²) in [6.07, 6.45) is 1.84. The van der Waals surface area contributed by atoms with Gasteiger partial charge < -0.3 is 10.1 Å². The van der Waals surface area contributed by atoms with Crippen LogP contribution < -0.4 is 10.0 Å². The summed E-state index contributed by atoms with van der Waals surface area (Å²) in [5.41, 5.74) is 1.63. The number of amides is 1. The van der Waals surface area contributed by atoms with E-state index in [-0.39, 0.29) is 16.4 Å². The Labute approximate surface area is 185 Å². The van der Waals surface area contributed by atoms with Gasteiger partial charge in [0.1, 0.15) is 6.04 Å². The Morgan fingerprint density at radius 3 is 2.32 bits per heavy atom. The fourth-order valence-electron chi connectivity index (χ4n) is 2.58. The molecule has 0 aliphatic carbocycles. The Balaban J connectivity index is 2.00. The summed E-state index contributed by atoms with van der Waals surface area (Å²) in [6, 6.07) is 9.73. The Kier molecular flexibility index (Phi) is 8.37. The van der Waals surface area contributed by atoms with Gasteiger partial charge in [-0.25, -0.2) is 8.42 Å². The zero-order valence-electron chi connectivity index (χ0n) is 17.6. The van der Waals surface area contributed by atoms with Crippen molar-refractivity contribution in [2.45, 2.75) is 36.6 Å². The maximum Gasteiger partial charge on any atom is 0.324 e. The van der Waals surface area contributed by atoms with Crippen molar-refractivity contribution in [2.75, 3.05) is 18.2 Å². The number of anilines is 1. The van der Waals surface area contributed by atoms with E-state index in [1.54, 1.807) is 24.3 Å². The van der Waals surface area contributed by atoms with Crippen LogP contribution in [0.1, 0.15) is 29.8 Å². The summed E-state index contributed by atoms with van der Waals surface area (Å²) in [6.45, 7) is 3.96. The molecule has 0 fully saturated rings. The minimum absolute atomic E-state index is 0.0215. The van der Waals surface area contributed by atoms with E-state index >= 15 is 0 Å². The normalized spacial score (nSPS) is 12.1. The molecule has 0 saturated carbocycles. The van der Waals surface area contributed by atoms with E-state index in [4.69, 9.17) is 4.74 Å². The molecule has 0 aromatic heterocycles. The SMILES string of the molecule is CSc1ccc(C(=O)COC(=O)[C@H](C)NS(=O)(=O)c2ccc(C)cc2)cc1NC(C)=O. The fourth-order valence-corrected chi connectivity index (χ4v) is 4.31. The molecule has 2 aromatic carbocycles. The zero-order chi connectivity index (χ0) is 23.2. The molecule has 31 heavy (non-hydrogen) atoms. The average molecular weight is 465 g/mol. The number of ketones is 1. The fraction of sp³-hybridized carbons (Fsp3) is 0.286. The van der Waals surface area contributed by atoms with Crippen molar-refractivity contribution in [2.24, 2.45) is 0 Å². The minimum atomic E-state index is -3.92. The third-order valence-electron chi connectivity index (χ3n) is 4.19. The molecule has 1 atom stereocenters. The van der Waals surface area contributed by atoms with Crippen LogP contribution in [0.15, 0.2) is 52.3 Å². The number of rotatable bonds is 9. The lowest BCUT2D eigenvalue weighted by molar-refractivity contribution is -0.144. The number of carbonyl (C=O) groups is 3. The number of esters is 1. The highest BCUT2D eigenvalue weighted by Gasteiger charge is 2.24. The van der Waals surface area contributed by atoms with Gasteiger partial charge in [-0.1, -0.05) is 23.8 Å². The molecule has 2 aromatic rings. The number of ether oxygens (including phenoxy) is 1. The van der Waals surface area contributed by atoms with Gasteiger partial charge >= 0.3 is 5.97 Å². The largest absolute Gasteiger partial charge is 0.456 e. The second-order valence-electron chi connectivity index (χ2n) is 6.78. The molecule has 0 aliphatic rings. The summed E-state index contributed by atoms with van der Waals surface area (Å²) >= 11 is 1.41. The number of thioether (sulfide) groups is 1. The zero-order valence-corrected chi connectivity index (χ0v) is 19.2. The molecule has 2 N–H and O–H groups in total. The second kappa shape index (κ2) is 10.6. The molecular weight excluding hydrogens is 440 g/mol. The number of aryl methyl sites for hydroxylation is 1. The van der Waals surface area contributed by atoms with Gasteiger partial charge in [0.05, 0.1) is 10.6 Å². The third-order valence-corrected chi connectivity index (χ3v) is 6.55. The number of hydrogen-bond donors (Lipinski definition) is 2. The van der Waals surface area contributed by atoms with E-state index in [1.807, 2.05) is 13.2 Å². The van der Waals surface area contributed by atoms with Crippen molar-refractivity contribution < 1.29 is 27.5 Å². The molecule has 8 nitrogen and oxygen atoms in total. The topological polar surface area (TPSA) is 119 Å². The first-order chi connectivity index (χ1) is 14.5. The first kappa shape index (κ1) is 24.6. The van der Waals surface area contributed by atoms with Gasteiger partial charge in [0.15, 0.2) is 12.4 Å². The molecule has 0 unspecified atom stereocenters. The van der Waals surface area contributed by atoms with Gasteiger partial charge in [0.25, 0.3) is 0 Å². The molecule has 0 bridgehead atoms. The maximum absolute atomic E-state index is 12.4. The van der Waals surface area contributed by atoms with Crippen LogP contribution in [0.5, 0.6) is 0 Å². The third kappa shape index (κ3) is 6.91. The van der Waals surface area contributed by atoms with Crippen LogP contribution in [0.4, 0.5) is 5.69 Å². The Morgan fingerprint density at radius 2 is 1.74 bits per heavy atom. The monoisotopic (exact) mass is 464 g/mol. The van der Waals surface area contributed by atoms with Crippen molar-refractivity contribution in [1.29, 1.82) is 0 Å². The average Bonchev–Trinajstić information content (AvgIpc) is 2.71. The summed E-state index contributed by atoms with van der Waals surface area (Å²) in [4.78, 5) is 36.8. The van der Waals surface area contributed by atoms with E-state index in [2.05, 4.69) is 10.0 Å². The van der Waals surface area contributed by atoms with Crippen molar-refractivity contribution >= 4 is 45.1 Å². The number of benzene rings is 2. The van der Waals surface area contributed by atoms with E-state index in [1.165, 1.54) is 43.8 Å². The highest BCUT2D eigenvalue weighted by atomic mass is 32.2. The molecule has 0 aliphatic heterocycles. The van der Waals surface area contributed by atoms with Gasteiger partial charge in [0, 0.05) is 17.4 Å². The molecule has 0 spiro atoms.